The Bertz CT molecular complexity index is 435. The lowest BCUT2D eigenvalue weighted by atomic mass is 9.89. The number of hydrogen-bond acceptors (Lipinski definition) is 2. The normalized spacial score (nSPS) is 14.3. The highest BCUT2D eigenvalue weighted by atomic mass is 16.3. The van der Waals surface area contributed by atoms with E-state index >= 15 is 0 Å². The molecule has 0 spiro atoms. The minimum atomic E-state index is 0.440. The fourth-order valence-corrected chi connectivity index (χ4v) is 2.34. The Balaban J connectivity index is 2.09. The lowest BCUT2D eigenvalue weighted by Gasteiger charge is -2.25. The summed E-state index contributed by atoms with van der Waals surface area (Å²) in [6, 6.07) is 13.2. The Morgan fingerprint density at radius 1 is 1.17 bits per heavy atom. The predicted octanol–water partition coefficient (Wildman–Crippen LogP) is 3.60. The number of likely N-dealkylation sites (N-methyl/N-ethyl adjacent to an activating group) is 1. The van der Waals surface area contributed by atoms with Gasteiger partial charge in [0.15, 0.2) is 0 Å². The van der Waals surface area contributed by atoms with Gasteiger partial charge in [-0.25, -0.2) is 0 Å². The van der Waals surface area contributed by atoms with Crippen molar-refractivity contribution in [3.05, 3.63) is 60.1 Å². The van der Waals surface area contributed by atoms with Crippen LogP contribution in [0.4, 0.5) is 0 Å². The molecule has 2 heteroatoms. The van der Waals surface area contributed by atoms with Crippen LogP contribution >= 0.6 is 0 Å². The molecule has 0 radical (unpaired) electrons. The summed E-state index contributed by atoms with van der Waals surface area (Å²) >= 11 is 0. The summed E-state index contributed by atoms with van der Waals surface area (Å²) in [6.07, 6.45) is 4.58. The van der Waals surface area contributed by atoms with Crippen molar-refractivity contribution in [2.24, 2.45) is 0 Å². The van der Waals surface area contributed by atoms with E-state index in [4.69, 9.17) is 4.42 Å². The average Bonchev–Trinajstić information content (AvgIpc) is 2.91. The number of nitrogens with one attached hydrogen (secondary N) is 1. The van der Waals surface area contributed by atoms with Crippen molar-refractivity contribution in [3.63, 3.8) is 0 Å². The molecule has 0 bridgehead atoms. The van der Waals surface area contributed by atoms with E-state index in [9.17, 15) is 0 Å². The summed E-state index contributed by atoms with van der Waals surface area (Å²) in [5.41, 5.74) is 2.63. The van der Waals surface area contributed by atoms with Crippen LogP contribution in [0.2, 0.25) is 0 Å². The van der Waals surface area contributed by atoms with Crippen molar-refractivity contribution in [2.75, 3.05) is 6.54 Å². The van der Waals surface area contributed by atoms with Crippen LogP contribution in [-0.4, -0.2) is 12.6 Å². The summed E-state index contributed by atoms with van der Waals surface area (Å²) < 4.78 is 5.15. The van der Waals surface area contributed by atoms with Crippen LogP contribution in [0.3, 0.4) is 0 Å². The summed E-state index contributed by atoms with van der Waals surface area (Å²) in [4.78, 5) is 0. The Morgan fingerprint density at radius 2 is 1.94 bits per heavy atom. The van der Waals surface area contributed by atoms with E-state index in [1.807, 2.05) is 12.3 Å². The van der Waals surface area contributed by atoms with Crippen molar-refractivity contribution < 1.29 is 4.42 Å². The van der Waals surface area contributed by atoms with Gasteiger partial charge in [0.25, 0.3) is 0 Å². The third-order valence-electron chi connectivity index (χ3n) is 3.43. The van der Waals surface area contributed by atoms with E-state index in [1.165, 1.54) is 11.1 Å². The molecule has 2 aromatic rings. The molecule has 1 aromatic heterocycles. The summed E-state index contributed by atoms with van der Waals surface area (Å²) in [6.45, 7) is 5.42. The molecule has 0 aliphatic carbocycles. The molecule has 0 aliphatic rings. The van der Waals surface area contributed by atoms with Crippen molar-refractivity contribution in [3.8, 4) is 0 Å². The van der Waals surface area contributed by atoms with Crippen molar-refractivity contribution in [1.29, 1.82) is 0 Å². The third-order valence-corrected chi connectivity index (χ3v) is 3.43. The number of rotatable bonds is 6. The van der Waals surface area contributed by atoms with Crippen molar-refractivity contribution in [2.45, 2.75) is 32.2 Å². The molecule has 2 nitrogen and oxygen atoms in total. The smallest absolute Gasteiger partial charge is 0.0935 e. The molecule has 1 heterocycles. The van der Waals surface area contributed by atoms with E-state index in [0.717, 1.165) is 13.0 Å². The van der Waals surface area contributed by atoms with Gasteiger partial charge < -0.3 is 9.73 Å². The van der Waals surface area contributed by atoms with Gasteiger partial charge >= 0.3 is 0 Å². The Morgan fingerprint density at radius 3 is 2.56 bits per heavy atom. The first-order chi connectivity index (χ1) is 8.81. The second-order valence-electron chi connectivity index (χ2n) is 4.70. The van der Waals surface area contributed by atoms with Gasteiger partial charge in [-0.15, -0.1) is 0 Å². The van der Waals surface area contributed by atoms with Gasteiger partial charge in [-0.2, -0.15) is 0 Å². The minimum Gasteiger partial charge on any atom is -0.472 e. The lowest BCUT2D eigenvalue weighted by molar-refractivity contribution is 0.455. The molecule has 18 heavy (non-hydrogen) atoms. The number of benzene rings is 1. The van der Waals surface area contributed by atoms with E-state index in [-0.39, 0.29) is 0 Å². The highest BCUT2D eigenvalue weighted by molar-refractivity contribution is 5.22. The topological polar surface area (TPSA) is 25.2 Å². The molecule has 2 atom stereocenters. The first kappa shape index (κ1) is 12.9. The molecule has 1 aromatic carbocycles. The van der Waals surface area contributed by atoms with Gasteiger partial charge in [-0.05, 0) is 36.1 Å². The quantitative estimate of drug-likeness (QED) is 0.838. The predicted molar refractivity (Wildman–Crippen MR) is 74.7 cm³/mol. The zero-order valence-corrected chi connectivity index (χ0v) is 11.1. The SMILES string of the molecule is CCNC(Cc1ccoc1)C(C)c1ccccc1. The highest BCUT2D eigenvalue weighted by Gasteiger charge is 2.18. The van der Waals surface area contributed by atoms with Gasteiger partial charge in [-0.3, -0.25) is 0 Å². The van der Waals surface area contributed by atoms with Crippen LogP contribution in [-0.2, 0) is 6.42 Å². The third kappa shape index (κ3) is 3.23. The average molecular weight is 243 g/mol. The minimum absolute atomic E-state index is 0.440. The molecule has 0 saturated heterocycles. The van der Waals surface area contributed by atoms with Crippen LogP contribution in [0, 0.1) is 0 Å². The van der Waals surface area contributed by atoms with Crippen LogP contribution in [0.5, 0.6) is 0 Å². The number of furan rings is 1. The summed E-state index contributed by atoms with van der Waals surface area (Å²) in [7, 11) is 0. The molecular formula is C16H21NO. The van der Waals surface area contributed by atoms with Crippen molar-refractivity contribution >= 4 is 0 Å². The zero-order chi connectivity index (χ0) is 12.8. The van der Waals surface area contributed by atoms with E-state index in [0.29, 0.717) is 12.0 Å². The molecule has 0 saturated carbocycles. The van der Waals surface area contributed by atoms with E-state index in [1.54, 1.807) is 6.26 Å². The van der Waals surface area contributed by atoms with Gasteiger partial charge in [0.1, 0.15) is 0 Å². The van der Waals surface area contributed by atoms with Crippen LogP contribution in [0.1, 0.15) is 30.9 Å². The standard InChI is InChI=1S/C16H21NO/c1-3-17-16(11-14-9-10-18-12-14)13(2)15-7-5-4-6-8-15/h4-10,12-13,16-17H,3,11H2,1-2H3. The lowest BCUT2D eigenvalue weighted by Crippen LogP contribution is -2.35. The van der Waals surface area contributed by atoms with Crippen LogP contribution in [0.25, 0.3) is 0 Å². The number of hydrogen-bond donors (Lipinski definition) is 1. The first-order valence-corrected chi connectivity index (χ1v) is 6.60. The molecule has 96 valence electrons. The van der Waals surface area contributed by atoms with Gasteiger partial charge in [-0.1, -0.05) is 44.2 Å². The van der Waals surface area contributed by atoms with Gasteiger partial charge in [0, 0.05) is 6.04 Å². The van der Waals surface area contributed by atoms with Gasteiger partial charge in [0.2, 0.25) is 0 Å². The van der Waals surface area contributed by atoms with E-state index in [2.05, 4.69) is 49.5 Å². The molecule has 0 amide bonds. The Kier molecular flexibility index (Phi) is 4.59. The van der Waals surface area contributed by atoms with Crippen LogP contribution in [0.15, 0.2) is 53.3 Å². The maximum absolute atomic E-state index is 5.15. The first-order valence-electron chi connectivity index (χ1n) is 6.60. The molecule has 0 aliphatic heterocycles. The molecular weight excluding hydrogens is 222 g/mol. The maximum atomic E-state index is 5.15. The van der Waals surface area contributed by atoms with Crippen molar-refractivity contribution in [1.82, 2.24) is 5.32 Å². The Labute approximate surface area is 109 Å². The molecule has 1 N–H and O–H groups in total. The summed E-state index contributed by atoms with van der Waals surface area (Å²) in [5.74, 6) is 0.487. The molecule has 2 unspecified atom stereocenters. The highest BCUT2D eigenvalue weighted by Crippen LogP contribution is 2.21. The molecule has 0 fully saturated rings. The fraction of sp³-hybridized carbons (Fsp3) is 0.375. The second-order valence-corrected chi connectivity index (χ2v) is 4.70. The largest absolute Gasteiger partial charge is 0.472 e. The van der Waals surface area contributed by atoms with Crippen LogP contribution < -0.4 is 5.32 Å². The summed E-state index contributed by atoms with van der Waals surface area (Å²) in [5, 5.41) is 3.58. The zero-order valence-electron chi connectivity index (χ0n) is 11.1. The van der Waals surface area contributed by atoms with Gasteiger partial charge in [0.05, 0.1) is 12.5 Å². The Hall–Kier alpha value is -1.54. The maximum Gasteiger partial charge on any atom is 0.0935 e. The fourth-order valence-electron chi connectivity index (χ4n) is 2.34. The van der Waals surface area contributed by atoms with E-state index < -0.39 is 0 Å². The molecule has 2 rings (SSSR count). The monoisotopic (exact) mass is 243 g/mol. The second kappa shape index (κ2) is 6.41.